The number of anilines is 2. The van der Waals surface area contributed by atoms with E-state index in [1.54, 1.807) is 0 Å². The molecule has 0 unspecified atom stereocenters. The fourth-order valence-corrected chi connectivity index (χ4v) is 2.90. The van der Waals surface area contributed by atoms with E-state index in [0.717, 1.165) is 0 Å². The van der Waals surface area contributed by atoms with Gasteiger partial charge in [0, 0.05) is 38.1 Å². The lowest BCUT2D eigenvalue weighted by molar-refractivity contribution is 0.578. The van der Waals surface area contributed by atoms with Crippen LogP contribution in [-0.4, -0.2) is 26.7 Å². The topological polar surface area (TPSA) is 6.48 Å². The minimum atomic E-state index is 1.18. The summed E-state index contributed by atoms with van der Waals surface area (Å²) < 4.78 is 0. The van der Waals surface area contributed by atoms with E-state index in [9.17, 15) is 0 Å². The van der Waals surface area contributed by atoms with Crippen LogP contribution in [0.3, 0.4) is 0 Å². The molecule has 0 bridgehead atoms. The van der Waals surface area contributed by atoms with Crippen molar-refractivity contribution < 1.29 is 0 Å². The summed E-state index contributed by atoms with van der Waals surface area (Å²) in [6.07, 6.45) is 5.34. The lowest BCUT2D eigenvalue weighted by Gasteiger charge is -2.29. The van der Waals surface area contributed by atoms with Gasteiger partial charge >= 0.3 is 0 Å². The highest BCUT2D eigenvalue weighted by Gasteiger charge is 2.18. The predicted octanol–water partition coefficient (Wildman–Crippen LogP) is 2.67. The summed E-state index contributed by atoms with van der Waals surface area (Å²) in [4.78, 5) is 4.90. The summed E-state index contributed by atoms with van der Waals surface area (Å²) in [7, 11) is 2.19. The van der Waals surface area contributed by atoms with Gasteiger partial charge in [-0.2, -0.15) is 0 Å². The highest BCUT2D eigenvalue weighted by molar-refractivity contribution is 5.64. The van der Waals surface area contributed by atoms with Crippen LogP contribution in [0.1, 0.15) is 24.8 Å². The molecule has 0 atom stereocenters. The van der Waals surface area contributed by atoms with Crippen LogP contribution in [0.15, 0.2) is 18.2 Å². The third-order valence-electron chi connectivity index (χ3n) is 3.91. The van der Waals surface area contributed by atoms with E-state index in [-0.39, 0.29) is 0 Å². The maximum atomic E-state index is 2.54. The van der Waals surface area contributed by atoms with Crippen LogP contribution in [0.25, 0.3) is 0 Å². The average Bonchev–Trinajstić information content (AvgIpc) is 2.72. The average molecular weight is 216 g/mol. The first kappa shape index (κ1) is 10.0. The number of benzene rings is 1. The summed E-state index contributed by atoms with van der Waals surface area (Å²) in [5.41, 5.74) is 4.40. The molecule has 0 amide bonds. The second-order valence-corrected chi connectivity index (χ2v) is 5.03. The molecule has 2 nitrogen and oxygen atoms in total. The summed E-state index contributed by atoms with van der Waals surface area (Å²) in [6.45, 7) is 3.67. The van der Waals surface area contributed by atoms with Gasteiger partial charge in [0.15, 0.2) is 0 Å². The van der Waals surface area contributed by atoms with Crippen molar-refractivity contribution in [1.29, 1.82) is 0 Å². The van der Waals surface area contributed by atoms with Gasteiger partial charge in [-0.05, 0) is 49.4 Å². The summed E-state index contributed by atoms with van der Waals surface area (Å²) in [5.74, 6) is 0. The van der Waals surface area contributed by atoms with Gasteiger partial charge in [-0.1, -0.05) is 0 Å². The predicted molar refractivity (Wildman–Crippen MR) is 69.5 cm³/mol. The van der Waals surface area contributed by atoms with Gasteiger partial charge in [0.1, 0.15) is 0 Å². The summed E-state index contributed by atoms with van der Waals surface area (Å²) in [5, 5.41) is 0. The van der Waals surface area contributed by atoms with Crippen LogP contribution < -0.4 is 9.80 Å². The summed E-state index contributed by atoms with van der Waals surface area (Å²) in [6, 6.07) is 7.00. The highest BCUT2D eigenvalue weighted by atomic mass is 15.1. The number of fused-ring (bicyclic) bond motifs is 1. The maximum Gasteiger partial charge on any atom is 0.0398 e. The monoisotopic (exact) mass is 216 g/mol. The number of nitrogens with zero attached hydrogens (tertiary/aromatic N) is 2. The first-order valence-electron chi connectivity index (χ1n) is 6.43. The van der Waals surface area contributed by atoms with Gasteiger partial charge in [0.05, 0.1) is 0 Å². The molecule has 1 fully saturated rings. The van der Waals surface area contributed by atoms with E-state index in [2.05, 4.69) is 35.0 Å². The van der Waals surface area contributed by atoms with Crippen molar-refractivity contribution in [2.75, 3.05) is 36.5 Å². The molecule has 0 spiro atoms. The van der Waals surface area contributed by atoms with Crippen molar-refractivity contribution in [2.45, 2.75) is 25.7 Å². The molecule has 2 heteroatoms. The quantitative estimate of drug-likeness (QED) is 0.712. The zero-order valence-electron chi connectivity index (χ0n) is 10.1. The fourth-order valence-electron chi connectivity index (χ4n) is 2.90. The van der Waals surface area contributed by atoms with Crippen LogP contribution in [0.2, 0.25) is 0 Å². The number of likely N-dealkylation sites (N-methyl/N-ethyl adjacent to an activating group) is 1. The number of piperidine rings is 1. The van der Waals surface area contributed by atoms with E-state index in [1.807, 2.05) is 0 Å². The van der Waals surface area contributed by atoms with Crippen LogP contribution in [0.5, 0.6) is 0 Å². The zero-order valence-corrected chi connectivity index (χ0v) is 10.1. The van der Waals surface area contributed by atoms with Crippen LogP contribution >= 0.6 is 0 Å². The van der Waals surface area contributed by atoms with Crippen molar-refractivity contribution in [3.05, 3.63) is 23.8 Å². The van der Waals surface area contributed by atoms with E-state index in [0.29, 0.717) is 0 Å². The number of hydrogen-bond donors (Lipinski definition) is 0. The minimum Gasteiger partial charge on any atom is -0.374 e. The molecule has 1 aromatic rings. The van der Waals surface area contributed by atoms with E-state index < -0.39 is 0 Å². The maximum absolute atomic E-state index is 2.54. The smallest absolute Gasteiger partial charge is 0.0398 e. The van der Waals surface area contributed by atoms with Gasteiger partial charge in [-0.15, -0.1) is 0 Å². The first-order valence-corrected chi connectivity index (χ1v) is 6.43. The van der Waals surface area contributed by atoms with Gasteiger partial charge in [0.25, 0.3) is 0 Å². The number of hydrogen-bond acceptors (Lipinski definition) is 2. The van der Waals surface area contributed by atoms with E-state index in [1.165, 1.54) is 62.3 Å². The van der Waals surface area contributed by atoms with Crippen molar-refractivity contribution in [1.82, 2.24) is 0 Å². The molecule has 1 saturated heterocycles. The van der Waals surface area contributed by atoms with Crippen LogP contribution in [-0.2, 0) is 6.42 Å². The van der Waals surface area contributed by atoms with Crippen molar-refractivity contribution in [2.24, 2.45) is 0 Å². The molecule has 86 valence electrons. The van der Waals surface area contributed by atoms with Crippen molar-refractivity contribution >= 4 is 11.4 Å². The SMILES string of the molecule is CN1CCc2cc(N3CCCCC3)ccc21. The Bertz CT molecular complexity index is 380. The van der Waals surface area contributed by atoms with Crippen molar-refractivity contribution in [3.8, 4) is 0 Å². The zero-order chi connectivity index (χ0) is 11.0. The molecular formula is C14H20N2. The molecule has 2 aliphatic rings. The number of rotatable bonds is 1. The summed E-state index contributed by atoms with van der Waals surface area (Å²) >= 11 is 0. The third-order valence-corrected chi connectivity index (χ3v) is 3.91. The van der Waals surface area contributed by atoms with Gasteiger partial charge in [-0.25, -0.2) is 0 Å². The molecule has 0 saturated carbocycles. The second kappa shape index (κ2) is 4.00. The van der Waals surface area contributed by atoms with Crippen molar-refractivity contribution in [3.63, 3.8) is 0 Å². The molecule has 3 rings (SSSR count). The molecule has 16 heavy (non-hydrogen) atoms. The molecule has 0 aromatic heterocycles. The van der Waals surface area contributed by atoms with Gasteiger partial charge < -0.3 is 9.80 Å². The Morgan fingerprint density at radius 1 is 1.00 bits per heavy atom. The van der Waals surface area contributed by atoms with Gasteiger partial charge in [-0.3, -0.25) is 0 Å². The van der Waals surface area contributed by atoms with E-state index in [4.69, 9.17) is 0 Å². The molecule has 0 N–H and O–H groups in total. The lowest BCUT2D eigenvalue weighted by atomic mass is 10.1. The molecule has 0 radical (unpaired) electrons. The Kier molecular flexibility index (Phi) is 2.50. The first-order chi connectivity index (χ1) is 7.84. The molecule has 1 aromatic carbocycles. The third kappa shape index (κ3) is 1.66. The van der Waals surface area contributed by atoms with E-state index >= 15 is 0 Å². The minimum absolute atomic E-state index is 1.18. The largest absolute Gasteiger partial charge is 0.374 e. The normalized spacial score (nSPS) is 20.1. The Morgan fingerprint density at radius 2 is 1.81 bits per heavy atom. The Hall–Kier alpha value is -1.18. The molecule has 2 heterocycles. The Labute approximate surface area is 97.9 Å². The molecule has 0 aliphatic carbocycles. The fraction of sp³-hybridized carbons (Fsp3) is 0.571. The van der Waals surface area contributed by atoms with Gasteiger partial charge in [0.2, 0.25) is 0 Å². The Balaban J connectivity index is 1.86. The lowest BCUT2D eigenvalue weighted by Crippen LogP contribution is -2.29. The highest BCUT2D eigenvalue weighted by Crippen LogP contribution is 2.31. The molecular weight excluding hydrogens is 196 g/mol. The molecule has 2 aliphatic heterocycles. The standard InChI is InChI=1S/C14H20N2/c1-15-10-7-12-11-13(5-6-14(12)15)16-8-3-2-4-9-16/h5-6,11H,2-4,7-10H2,1H3. The second-order valence-electron chi connectivity index (χ2n) is 5.03. The Morgan fingerprint density at radius 3 is 2.62 bits per heavy atom. The van der Waals surface area contributed by atoms with Crippen LogP contribution in [0, 0.1) is 0 Å². The van der Waals surface area contributed by atoms with Crippen LogP contribution in [0.4, 0.5) is 11.4 Å².